The predicted molar refractivity (Wildman–Crippen MR) is 100 cm³/mol. The van der Waals surface area contributed by atoms with E-state index in [-0.39, 0.29) is 24.1 Å². The molecule has 3 rings (SSSR count). The largest absolute Gasteiger partial charge is 0.496 e. The molecule has 1 heterocycles. The van der Waals surface area contributed by atoms with Gasteiger partial charge in [-0.1, -0.05) is 12.1 Å². The lowest BCUT2D eigenvalue weighted by Gasteiger charge is -2.35. The molecule has 0 aromatic heterocycles. The fourth-order valence-electron chi connectivity index (χ4n) is 3.29. The van der Waals surface area contributed by atoms with E-state index in [9.17, 15) is 14.0 Å². The van der Waals surface area contributed by atoms with E-state index >= 15 is 0 Å². The van der Waals surface area contributed by atoms with E-state index in [1.807, 2.05) is 13.0 Å². The normalized spacial score (nSPS) is 14.2. The summed E-state index contributed by atoms with van der Waals surface area (Å²) in [5.74, 6) is 0.316. The van der Waals surface area contributed by atoms with Crippen LogP contribution in [0.15, 0.2) is 42.5 Å². The Morgan fingerprint density at radius 2 is 1.74 bits per heavy atom. The fourth-order valence-corrected chi connectivity index (χ4v) is 3.29. The van der Waals surface area contributed by atoms with Gasteiger partial charge in [-0.15, -0.1) is 0 Å². The molecular weight excluding hydrogens is 347 g/mol. The minimum absolute atomic E-state index is 0.0435. The van der Waals surface area contributed by atoms with Gasteiger partial charge in [-0.25, -0.2) is 4.39 Å². The number of nitrogens with zero attached hydrogens (tertiary/aromatic N) is 2. The molecule has 142 valence electrons. The minimum atomic E-state index is -0.342. The van der Waals surface area contributed by atoms with Crippen molar-refractivity contribution in [3.05, 3.63) is 65.0 Å². The first-order valence-electron chi connectivity index (χ1n) is 8.94. The average molecular weight is 370 g/mol. The number of hydrogen-bond donors (Lipinski definition) is 0. The monoisotopic (exact) mass is 370 g/mol. The summed E-state index contributed by atoms with van der Waals surface area (Å²) in [5, 5.41) is 0. The van der Waals surface area contributed by atoms with Crippen molar-refractivity contribution in [2.45, 2.75) is 13.3 Å². The van der Waals surface area contributed by atoms with Crippen LogP contribution in [0.5, 0.6) is 5.75 Å². The van der Waals surface area contributed by atoms with Gasteiger partial charge in [-0.2, -0.15) is 0 Å². The Bertz CT molecular complexity index is 845. The Kier molecular flexibility index (Phi) is 5.74. The third kappa shape index (κ3) is 4.45. The van der Waals surface area contributed by atoms with Crippen molar-refractivity contribution in [3.63, 3.8) is 0 Å². The van der Waals surface area contributed by atoms with E-state index in [1.54, 1.807) is 41.2 Å². The summed E-state index contributed by atoms with van der Waals surface area (Å²) in [4.78, 5) is 28.6. The maximum Gasteiger partial charge on any atom is 0.253 e. The average Bonchev–Trinajstić information content (AvgIpc) is 2.67. The summed E-state index contributed by atoms with van der Waals surface area (Å²) in [6.07, 6.45) is 0.170. The van der Waals surface area contributed by atoms with Gasteiger partial charge in [0.1, 0.15) is 11.6 Å². The van der Waals surface area contributed by atoms with E-state index in [4.69, 9.17) is 4.74 Å². The lowest BCUT2D eigenvalue weighted by Crippen LogP contribution is -2.51. The summed E-state index contributed by atoms with van der Waals surface area (Å²) in [7, 11) is 1.60. The molecule has 0 atom stereocenters. The van der Waals surface area contributed by atoms with Gasteiger partial charge in [-0.05, 0) is 48.4 Å². The Balaban J connectivity index is 1.57. The number of hydrogen-bond acceptors (Lipinski definition) is 3. The van der Waals surface area contributed by atoms with Gasteiger partial charge in [0.15, 0.2) is 0 Å². The van der Waals surface area contributed by atoms with Crippen LogP contribution >= 0.6 is 0 Å². The van der Waals surface area contributed by atoms with E-state index in [2.05, 4.69) is 0 Å². The molecule has 5 nitrogen and oxygen atoms in total. The van der Waals surface area contributed by atoms with Crippen LogP contribution < -0.4 is 4.74 Å². The van der Waals surface area contributed by atoms with Crippen LogP contribution in [0.2, 0.25) is 0 Å². The summed E-state index contributed by atoms with van der Waals surface area (Å²) >= 11 is 0. The van der Waals surface area contributed by atoms with Crippen LogP contribution in [-0.2, 0) is 11.2 Å². The molecule has 0 spiro atoms. The molecule has 0 N–H and O–H groups in total. The smallest absolute Gasteiger partial charge is 0.253 e. The van der Waals surface area contributed by atoms with Crippen LogP contribution in [0, 0.1) is 12.7 Å². The lowest BCUT2D eigenvalue weighted by atomic mass is 10.1. The van der Waals surface area contributed by atoms with Gasteiger partial charge in [0.2, 0.25) is 5.91 Å². The Morgan fingerprint density at radius 3 is 2.37 bits per heavy atom. The SMILES string of the molecule is COc1ccc(C(=O)N2CCN(C(=O)Cc3cccc(F)c3)CC2)cc1C. The fraction of sp³-hybridized carbons (Fsp3) is 0.333. The number of methoxy groups -OCH3 is 1. The molecule has 2 aromatic carbocycles. The molecule has 1 saturated heterocycles. The predicted octanol–water partition coefficient (Wildman–Crippen LogP) is 2.67. The van der Waals surface area contributed by atoms with Crippen LogP contribution in [0.3, 0.4) is 0 Å². The number of carbonyl (C=O) groups excluding carboxylic acids is 2. The summed E-state index contributed by atoms with van der Waals surface area (Å²) in [6, 6.07) is 11.5. The zero-order valence-corrected chi connectivity index (χ0v) is 15.6. The number of rotatable bonds is 4. The van der Waals surface area contributed by atoms with Crippen molar-refractivity contribution in [2.24, 2.45) is 0 Å². The van der Waals surface area contributed by atoms with Crippen molar-refractivity contribution in [1.82, 2.24) is 9.80 Å². The van der Waals surface area contributed by atoms with Crippen LogP contribution in [0.1, 0.15) is 21.5 Å². The van der Waals surface area contributed by atoms with Crippen LogP contribution in [-0.4, -0.2) is 54.9 Å². The van der Waals surface area contributed by atoms with Crippen molar-refractivity contribution in [2.75, 3.05) is 33.3 Å². The zero-order valence-electron chi connectivity index (χ0n) is 15.6. The first-order valence-corrected chi connectivity index (χ1v) is 8.94. The Hall–Kier alpha value is -2.89. The van der Waals surface area contributed by atoms with Crippen LogP contribution in [0.25, 0.3) is 0 Å². The molecular formula is C21H23FN2O3. The van der Waals surface area contributed by atoms with E-state index in [0.717, 1.165) is 11.3 Å². The Morgan fingerprint density at radius 1 is 1.04 bits per heavy atom. The van der Waals surface area contributed by atoms with Gasteiger partial charge in [0, 0.05) is 31.7 Å². The standard InChI is InChI=1S/C21H23FN2O3/c1-15-12-17(6-7-19(15)27-2)21(26)24-10-8-23(9-11-24)20(25)14-16-4-3-5-18(22)13-16/h3-7,12-13H,8-11,14H2,1-2H3. The Labute approximate surface area is 158 Å². The quantitative estimate of drug-likeness (QED) is 0.831. The molecule has 27 heavy (non-hydrogen) atoms. The van der Waals surface area contributed by atoms with E-state index < -0.39 is 0 Å². The third-order valence-corrected chi connectivity index (χ3v) is 4.81. The first-order chi connectivity index (χ1) is 13.0. The minimum Gasteiger partial charge on any atom is -0.496 e. The highest BCUT2D eigenvalue weighted by Crippen LogP contribution is 2.20. The highest BCUT2D eigenvalue weighted by atomic mass is 19.1. The number of benzene rings is 2. The zero-order chi connectivity index (χ0) is 19.4. The summed E-state index contributed by atoms with van der Waals surface area (Å²) in [6.45, 7) is 3.83. The molecule has 2 aromatic rings. The second-order valence-electron chi connectivity index (χ2n) is 6.66. The molecule has 2 amide bonds. The maximum atomic E-state index is 13.3. The van der Waals surface area contributed by atoms with Gasteiger partial charge in [0.25, 0.3) is 5.91 Å². The molecule has 6 heteroatoms. The van der Waals surface area contributed by atoms with Crippen LogP contribution in [0.4, 0.5) is 4.39 Å². The number of piperazine rings is 1. The van der Waals surface area contributed by atoms with Crippen molar-refractivity contribution < 1.29 is 18.7 Å². The lowest BCUT2D eigenvalue weighted by molar-refractivity contribution is -0.131. The molecule has 1 fully saturated rings. The first kappa shape index (κ1) is 18.9. The van der Waals surface area contributed by atoms with E-state index in [1.165, 1.54) is 12.1 Å². The van der Waals surface area contributed by atoms with Gasteiger partial charge >= 0.3 is 0 Å². The molecule has 0 saturated carbocycles. The molecule has 1 aliphatic rings. The summed E-state index contributed by atoms with van der Waals surface area (Å²) < 4.78 is 18.5. The topological polar surface area (TPSA) is 49.9 Å². The number of halogens is 1. The maximum absolute atomic E-state index is 13.3. The van der Waals surface area contributed by atoms with Crippen molar-refractivity contribution in [1.29, 1.82) is 0 Å². The molecule has 0 radical (unpaired) electrons. The molecule has 1 aliphatic heterocycles. The van der Waals surface area contributed by atoms with Gasteiger partial charge < -0.3 is 14.5 Å². The van der Waals surface area contributed by atoms with Crippen molar-refractivity contribution >= 4 is 11.8 Å². The second-order valence-corrected chi connectivity index (χ2v) is 6.66. The highest BCUT2D eigenvalue weighted by Gasteiger charge is 2.25. The number of ether oxygens (including phenoxy) is 1. The molecule has 0 bridgehead atoms. The number of amides is 2. The number of aryl methyl sites for hydroxylation is 1. The summed E-state index contributed by atoms with van der Waals surface area (Å²) in [5.41, 5.74) is 2.19. The molecule has 0 unspecified atom stereocenters. The highest BCUT2D eigenvalue weighted by molar-refractivity contribution is 5.94. The second kappa shape index (κ2) is 8.20. The van der Waals surface area contributed by atoms with Gasteiger partial charge in [0.05, 0.1) is 13.5 Å². The van der Waals surface area contributed by atoms with E-state index in [0.29, 0.717) is 37.3 Å². The third-order valence-electron chi connectivity index (χ3n) is 4.81. The van der Waals surface area contributed by atoms with Crippen molar-refractivity contribution in [3.8, 4) is 5.75 Å². The number of carbonyl (C=O) groups is 2. The molecule has 0 aliphatic carbocycles. The van der Waals surface area contributed by atoms with Gasteiger partial charge in [-0.3, -0.25) is 9.59 Å².